The summed E-state index contributed by atoms with van der Waals surface area (Å²) in [4.78, 5) is 0. The zero-order valence-corrected chi connectivity index (χ0v) is 14.0. The summed E-state index contributed by atoms with van der Waals surface area (Å²) in [5.41, 5.74) is 0. The molecule has 0 aliphatic heterocycles. The maximum Gasteiger partial charge on any atom is 0.256 e. The molecule has 2 nitrogen and oxygen atoms in total. The molecule has 0 amide bonds. The van der Waals surface area contributed by atoms with Crippen molar-refractivity contribution in [2.75, 3.05) is 0 Å². The van der Waals surface area contributed by atoms with Gasteiger partial charge in [0.2, 0.25) is 0 Å². The summed E-state index contributed by atoms with van der Waals surface area (Å²) in [6.45, 7) is 9.24. The number of hydrogen-bond acceptors (Lipinski definition) is 0. The summed E-state index contributed by atoms with van der Waals surface area (Å²) >= 11 is 0. The van der Waals surface area contributed by atoms with Gasteiger partial charge in [0, 0.05) is 6.42 Å². The van der Waals surface area contributed by atoms with Crippen LogP contribution < -0.4 is 4.57 Å². The first-order valence-electron chi connectivity index (χ1n) is 8.90. The molecule has 2 heteroatoms. The fourth-order valence-corrected chi connectivity index (χ4v) is 2.91. The quantitative estimate of drug-likeness (QED) is 0.380. The van der Waals surface area contributed by atoms with Crippen LogP contribution in [0, 0.1) is 0 Å². The van der Waals surface area contributed by atoms with E-state index in [1.165, 1.54) is 76.7 Å². The molecule has 1 rings (SSSR count). The highest BCUT2D eigenvalue weighted by Crippen LogP contribution is 2.07. The third-order valence-corrected chi connectivity index (χ3v) is 4.16. The van der Waals surface area contributed by atoms with Crippen LogP contribution in [0.3, 0.4) is 0 Å². The molecular formula is C18H35N2+. The second-order valence-corrected chi connectivity index (χ2v) is 5.93. The molecule has 1 aromatic heterocycles. The molecular weight excluding hydrogens is 244 g/mol. The minimum atomic E-state index is 1.15. The lowest BCUT2D eigenvalue weighted by molar-refractivity contribution is -0.704. The summed E-state index contributed by atoms with van der Waals surface area (Å²) in [5, 5.41) is 0. The molecule has 0 N–H and O–H groups in total. The molecule has 0 saturated heterocycles. The molecule has 20 heavy (non-hydrogen) atoms. The average Bonchev–Trinajstić information content (AvgIpc) is 2.85. The van der Waals surface area contributed by atoms with Gasteiger partial charge in [-0.25, -0.2) is 9.13 Å². The molecule has 0 atom stereocenters. The van der Waals surface area contributed by atoms with Gasteiger partial charge in [-0.2, -0.15) is 0 Å². The number of unbranched alkanes of at least 4 members (excludes halogenated alkanes) is 7. The van der Waals surface area contributed by atoms with E-state index in [0.717, 1.165) is 6.42 Å². The highest BCUT2D eigenvalue weighted by Gasteiger charge is 2.14. The van der Waals surface area contributed by atoms with E-state index in [1.807, 2.05) is 0 Å². The Morgan fingerprint density at radius 1 is 0.850 bits per heavy atom. The summed E-state index contributed by atoms with van der Waals surface area (Å²) in [5.74, 6) is 1.51. The molecule has 116 valence electrons. The van der Waals surface area contributed by atoms with Gasteiger partial charge in [0.1, 0.15) is 12.4 Å². The van der Waals surface area contributed by atoms with Gasteiger partial charge in [0.25, 0.3) is 5.82 Å². The van der Waals surface area contributed by atoms with E-state index >= 15 is 0 Å². The Labute approximate surface area is 126 Å². The summed E-state index contributed by atoms with van der Waals surface area (Å²) in [7, 11) is 0. The molecule has 0 bridgehead atoms. The molecule has 1 heterocycles. The summed E-state index contributed by atoms with van der Waals surface area (Å²) in [6.07, 6.45) is 18.0. The number of nitrogens with zero attached hydrogens (tertiary/aromatic N) is 2. The van der Waals surface area contributed by atoms with Crippen LogP contribution in [0.4, 0.5) is 0 Å². The Balaban J connectivity index is 2.37. The van der Waals surface area contributed by atoms with Crippen molar-refractivity contribution in [2.24, 2.45) is 0 Å². The van der Waals surface area contributed by atoms with Gasteiger partial charge in [0.15, 0.2) is 0 Å². The first-order chi connectivity index (χ1) is 9.83. The van der Waals surface area contributed by atoms with Gasteiger partial charge in [-0.1, -0.05) is 52.9 Å². The fourth-order valence-electron chi connectivity index (χ4n) is 2.91. The van der Waals surface area contributed by atoms with Crippen LogP contribution in [0.5, 0.6) is 0 Å². The fraction of sp³-hybridized carbons (Fsp3) is 0.833. The predicted octanol–water partition coefficient (Wildman–Crippen LogP) is 4.89. The second-order valence-electron chi connectivity index (χ2n) is 5.93. The van der Waals surface area contributed by atoms with E-state index in [0.29, 0.717) is 0 Å². The van der Waals surface area contributed by atoms with Crippen LogP contribution in [0.15, 0.2) is 12.4 Å². The predicted molar refractivity (Wildman–Crippen MR) is 86.9 cm³/mol. The van der Waals surface area contributed by atoms with Crippen molar-refractivity contribution in [2.45, 2.75) is 98.1 Å². The van der Waals surface area contributed by atoms with E-state index in [2.05, 4.69) is 42.3 Å². The Morgan fingerprint density at radius 2 is 1.50 bits per heavy atom. The lowest BCUT2D eigenvalue weighted by Gasteiger charge is -2.04. The van der Waals surface area contributed by atoms with Crippen molar-refractivity contribution in [3.63, 3.8) is 0 Å². The van der Waals surface area contributed by atoms with Crippen LogP contribution in [0.1, 0.15) is 84.4 Å². The standard InChI is InChI=1S/C18H35N2/c1-4-7-9-11-13-15-20-17-16-19(18(20)6-3)14-12-10-8-5-2/h16-17H,4-15H2,1-3H3/q+1. The van der Waals surface area contributed by atoms with Gasteiger partial charge in [-0.05, 0) is 25.7 Å². The number of hydrogen-bond donors (Lipinski definition) is 0. The van der Waals surface area contributed by atoms with Gasteiger partial charge >= 0.3 is 0 Å². The first-order valence-corrected chi connectivity index (χ1v) is 8.90. The smallest absolute Gasteiger partial charge is 0.234 e. The molecule has 1 aromatic rings. The van der Waals surface area contributed by atoms with Crippen molar-refractivity contribution in [1.29, 1.82) is 0 Å². The molecule has 0 aliphatic rings. The molecule has 0 fully saturated rings. The van der Waals surface area contributed by atoms with E-state index in [1.54, 1.807) is 0 Å². The number of aromatic nitrogens is 2. The monoisotopic (exact) mass is 279 g/mol. The SMILES string of the molecule is CCCCCCCn1cc[n+](CCCCCC)c1CC. The molecule has 0 spiro atoms. The Morgan fingerprint density at radius 3 is 2.15 bits per heavy atom. The lowest BCUT2D eigenvalue weighted by atomic mass is 10.1. The largest absolute Gasteiger partial charge is 0.256 e. The van der Waals surface area contributed by atoms with Crippen LogP contribution in [0.2, 0.25) is 0 Å². The maximum atomic E-state index is 2.48. The Hall–Kier alpha value is -0.790. The third-order valence-electron chi connectivity index (χ3n) is 4.16. The summed E-state index contributed by atoms with van der Waals surface area (Å²) < 4.78 is 4.95. The zero-order chi connectivity index (χ0) is 14.6. The minimum Gasteiger partial charge on any atom is -0.234 e. The van der Waals surface area contributed by atoms with E-state index in [9.17, 15) is 0 Å². The molecule has 0 radical (unpaired) electrons. The van der Waals surface area contributed by atoms with E-state index in [-0.39, 0.29) is 0 Å². The highest BCUT2D eigenvalue weighted by atomic mass is 15.1. The second kappa shape index (κ2) is 10.9. The normalized spacial score (nSPS) is 11.2. The van der Waals surface area contributed by atoms with E-state index in [4.69, 9.17) is 0 Å². The van der Waals surface area contributed by atoms with Gasteiger partial charge in [-0.3, -0.25) is 0 Å². The number of imidazole rings is 1. The number of rotatable bonds is 12. The Kier molecular flexibility index (Phi) is 9.44. The van der Waals surface area contributed by atoms with Crippen LogP contribution in [0.25, 0.3) is 0 Å². The van der Waals surface area contributed by atoms with Crippen molar-refractivity contribution >= 4 is 0 Å². The maximum absolute atomic E-state index is 2.48. The minimum absolute atomic E-state index is 1.15. The summed E-state index contributed by atoms with van der Waals surface area (Å²) in [6, 6.07) is 0. The zero-order valence-electron chi connectivity index (χ0n) is 14.0. The van der Waals surface area contributed by atoms with Crippen molar-refractivity contribution in [1.82, 2.24) is 4.57 Å². The van der Waals surface area contributed by atoms with Crippen LogP contribution >= 0.6 is 0 Å². The Bertz CT molecular complexity index is 341. The van der Waals surface area contributed by atoms with Crippen molar-refractivity contribution < 1.29 is 4.57 Å². The van der Waals surface area contributed by atoms with Crippen molar-refractivity contribution in [3.8, 4) is 0 Å². The van der Waals surface area contributed by atoms with Gasteiger partial charge in [-0.15, -0.1) is 0 Å². The van der Waals surface area contributed by atoms with E-state index < -0.39 is 0 Å². The van der Waals surface area contributed by atoms with Crippen LogP contribution in [-0.4, -0.2) is 4.57 Å². The number of aryl methyl sites for hydroxylation is 2. The topological polar surface area (TPSA) is 8.81 Å². The highest BCUT2D eigenvalue weighted by molar-refractivity contribution is 4.83. The lowest BCUT2D eigenvalue weighted by Crippen LogP contribution is -2.37. The third kappa shape index (κ3) is 6.11. The molecule has 0 aliphatic carbocycles. The first kappa shape index (κ1) is 17.3. The molecule has 0 saturated carbocycles. The molecule has 0 unspecified atom stereocenters. The van der Waals surface area contributed by atoms with Gasteiger partial charge in [0.05, 0.1) is 13.1 Å². The van der Waals surface area contributed by atoms with Crippen LogP contribution in [-0.2, 0) is 19.5 Å². The van der Waals surface area contributed by atoms with Gasteiger partial charge < -0.3 is 0 Å². The van der Waals surface area contributed by atoms with Crippen molar-refractivity contribution in [3.05, 3.63) is 18.2 Å². The average molecular weight is 279 g/mol. The molecule has 0 aromatic carbocycles.